The van der Waals surface area contributed by atoms with E-state index in [9.17, 15) is 33.6 Å². The van der Waals surface area contributed by atoms with Crippen LogP contribution >= 0.6 is 63.7 Å². The largest absolute Gasteiger partial charge is 0.478 e. The lowest BCUT2D eigenvalue weighted by Gasteiger charge is -2.38. The Hall–Kier alpha value is -7.32. The third-order valence-electron chi connectivity index (χ3n) is 18.6. The fourth-order valence-electron chi connectivity index (χ4n) is 12.7. The molecule has 0 bridgehead atoms. The Morgan fingerprint density at radius 1 is 0.519 bits per heavy atom. The van der Waals surface area contributed by atoms with E-state index in [1.165, 1.54) is 33.5 Å². The third kappa shape index (κ3) is 24.1. The summed E-state index contributed by atoms with van der Waals surface area (Å²) in [4.78, 5) is 122. The number of aliphatic carboxylic acids is 1. The van der Waals surface area contributed by atoms with Gasteiger partial charge in [-0.2, -0.15) is 0 Å². The number of carboxylic acid groups (broad SMARTS) is 1. The summed E-state index contributed by atoms with van der Waals surface area (Å²) in [5.41, 5.74) is 17.8. The highest BCUT2D eigenvalue weighted by atomic mass is 79.9. The Kier molecular flexibility index (Phi) is 31.6. The number of ether oxygens (including phenoxy) is 3. The van der Waals surface area contributed by atoms with Gasteiger partial charge in [-0.3, -0.25) is 43.6 Å². The number of hydrogen-bond acceptors (Lipinski definition) is 26. The van der Waals surface area contributed by atoms with Crippen molar-refractivity contribution < 1.29 is 52.9 Å². The van der Waals surface area contributed by atoms with E-state index in [1.54, 1.807) is 37.1 Å². The fourth-order valence-corrected chi connectivity index (χ4v) is 14.3. The zero-order valence-corrected chi connectivity index (χ0v) is 66.1. The number of hydrogen-bond donors (Lipinski definition) is 6. The molecule has 8 N–H and O–H groups in total. The van der Waals surface area contributed by atoms with E-state index in [4.69, 9.17) is 21.3 Å². The molecule has 5 saturated heterocycles. The SMILES string of the molecule is CN1CCN2Cc3cc(/C=C/C(=O)O)cnc3NC(=O)C2C1.CN1CCN2Cc3cc(Br)cnc3NC(=O)C2C1.COC(=O)/C=C/c1cnc2c(c1)CN1CCN(C)CC1C(=O)N2.COC(=O)C1CCCN(C)C1.COC(=O)C1CN(C)CCN1Cc1cc(Br)cnc1N.Nc1ncc(Br)cc1CBr. The summed E-state index contributed by atoms with van der Waals surface area (Å²) in [5.74, 6) is 1.37. The number of nitrogens with one attached hydrogen (secondary N) is 3. The van der Waals surface area contributed by atoms with Crippen LogP contribution in [0.2, 0.25) is 0 Å². The van der Waals surface area contributed by atoms with Gasteiger partial charge in [-0.25, -0.2) is 34.5 Å². The Morgan fingerprint density at radius 2 is 0.933 bits per heavy atom. The molecule has 13 rings (SSSR count). The number of aromatic nitrogens is 5. The van der Waals surface area contributed by atoms with Crippen molar-refractivity contribution in [2.24, 2.45) is 5.92 Å². The summed E-state index contributed by atoms with van der Waals surface area (Å²) in [6, 6.07) is 9.07. The van der Waals surface area contributed by atoms with Gasteiger partial charge in [0.1, 0.15) is 53.3 Å². The van der Waals surface area contributed by atoms with Gasteiger partial charge in [0.05, 0.1) is 27.2 Å². The number of methoxy groups -OCH3 is 3. The van der Waals surface area contributed by atoms with Gasteiger partial charge < -0.3 is 71.2 Å². The van der Waals surface area contributed by atoms with Gasteiger partial charge in [0.2, 0.25) is 17.7 Å². The minimum Gasteiger partial charge on any atom is -0.478 e. The lowest BCUT2D eigenvalue weighted by Crippen LogP contribution is -2.55. The van der Waals surface area contributed by atoms with Crippen LogP contribution < -0.4 is 27.4 Å². The molecule has 0 spiro atoms. The van der Waals surface area contributed by atoms with Gasteiger partial charge in [0.15, 0.2) is 0 Å². The highest BCUT2D eigenvalue weighted by molar-refractivity contribution is 9.11. The van der Waals surface area contributed by atoms with E-state index >= 15 is 0 Å². The van der Waals surface area contributed by atoms with Gasteiger partial charge in [0, 0.05) is 201 Å². The summed E-state index contributed by atoms with van der Waals surface area (Å²) in [6.07, 6.45) is 16.0. The lowest BCUT2D eigenvalue weighted by molar-refractivity contribution is -0.150. The molecule has 0 saturated carbocycles. The number of likely N-dealkylation sites (tertiary alicyclic amines) is 1. The molecule has 0 radical (unpaired) electrons. The quantitative estimate of drug-likeness (QED) is 0.0487. The van der Waals surface area contributed by atoms with Gasteiger partial charge in [-0.05, 0) is 156 Å². The zero-order valence-electron chi connectivity index (χ0n) is 59.8. The first kappa shape index (κ1) is 82.3. The predicted octanol–water partition coefficient (Wildman–Crippen LogP) is 5.03. The molecule has 5 aromatic heterocycles. The number of nitrogens with two attached hydrogens (primary N) is 2. The smallest absolute Gasteiger partial charge is 0.330 e. The Balaban J connectivity index is 0.000000161. The van der Waals surface area contributed by atoms with Crippen molar-refractivity contribution in [2.75, 3.05) is 176 Å². The molecule has 13 heterocycles. The number of nitrogen functional groups attached to an aromatic ring is 2. The van der Waals surface area contributed by atoms with Crippen molar-refractivity contribution in [3.05, 3.63) is 126 Å². The monoisotopic (exact) mass is 1690 g/mol. The summed E-state index contributed by atoms with van der Waals surface area (Å²) in [7, 11) is 14.3. The second-order valence-electron chi connectivity index (χ2n) is 26.4. The molecule has 8 aliphatic rings. The molecule has 3 amide bonds. The maximum Gasteiger partial charge on any atom is 0.330 e. The van der Waals surface area contributed by atoms with Crippen molar-refractivity contribution in [1.29, 1.82) is 0 Å². The van der Waals surface area contributed by atoms with Crippen LogP contribution in [0.25, 0.3) is 12.2 Å². The number of carbonyl (C=O) groups is 7. The van der Waals surface area contributed by atoms with Crippen LogP contribution in [0, 0.1) is 5.92 Å². The maximum atomic E-state index is 12.4. The molecular formula is C70H93Br4N19O11. The number of piperidine rings is 1. The number of alkyl halides is 1. The number of amides is 3. The van der Waals surface area contributed by atoms with Gasteiger partial charge in [0.25, 0.3) is 0 Å². The minimum atomic E-state index is -0.998. The van der Waals surface area contributed by atoms with Crippen LogP contribution in [-0.2, 0) is 79.3 Å². The number of halogens is 4. The number of pyridine rings is 5. The van der Waals surface area contributed by atoms with Crippen LogP contribution in [-0.4, -0.2) is 288 Å². The lowest BCUT2D eigenvalue weighted by atomic mass is 9.99. The second-order valence-corrected chi connectivity index (χ2v) is 29.7. The topological polar surface area (TPSA) is 349 Å². The van der Waals surface area contributed by atoms with Gasteiger partial charge in [-0.15, -0.1) is 0 Å². The van der Waals surface area contributed by atoms with Crippen LogP contribution in [0.5, 0.6) is 0 Å². The summed E-state index contributed by atoms with van der Waals surface area (Å²) < 4.78 is 16.9. The summed E-state index contributed by atoms with van der Waals surface area (Å²) in [5, 5.41) is 18.2. The number of carbonyl (C=O) groups excluding carboxylic acids is 6. The third-order valence-corrected chi connectivity index (χ3v) is 20.5. The number of anilines is 5. The number of likely N-dealkylation sites (N-methyl/N-ethyl adjacent to an activating group) is 4. The highest BCUT2D eigenvalue weighted by Crippen LogP contribution is 2.30. The van der Waals surface area contributed by atoms with Crippen molar-refractivity contribution >= 4 is 147 Å². The van der Waals surface area contributed by atoms with Crippen LogP contribution in [0.1, 0.15) is 51.8 Å². The Morgan fingerprint density at radius 3 is 1.38 bits per heavy atom. The highest BCUT2D eigenvalue weighted by Gasteiger charge is 2.38. The maximum absolute atomic E-state index is 12.4. The van der Waals surface area contributed by atoms with E-state index in [1.807, 2.05) is 58.5 Å². The van der Waals surface area contributed by atoms with E-state index < -0.39 is 11.9 Å². The van der Waals surface area contributed by atoms with Crippen molar-refractivity contribution in [2.45, 2.75) is 68.5 Å². The molecular weight excluding hydrogens is 1600 g/mol. The molecule has 5 fully saturated rings. The fraction of sp³-hybridized carbons (Fsp3) is 0.486. The zero-order chi connectivity index (χ0) is 75.3. The van der Waals surface area contributed by atoms with E-state index in [0.717, 1.165) is 156 Å². The van der Waals surface area contributed by atoms with Crippen molar-refractivity contribution in [1.82, 2.24) is 69.0 Å². The molecule has 5 aromatic rings. The summed E-state index contributed by atoms with van der Waals surface area (Å²) in [6.45, 7) is 14.6. The molecule has 104 heavy (non-hydrogen) atoms. The Labute approximate surface area is 640 Å². The molecule has 34 heteroatoms. The first-order chi connectivity index (χ1) is 49.7. The van der Waals surface area contributed by atoms with Gasteiger partial charge in [-0.1, -0.05) is 15.9 Å². The van der Waals surface area contributed by atoms with Crippen LogP contribution in [0.3, 0.4) is 0 Å². The van der Waals surface area contributed by atoms with Crippen LogP contribution in [0.4, 0.5) is 29.1 Å². The predicted molar refractivity (Wildman–Crippen MR) is 410 cm³/mol. The molecule has 8 aliphatic heterocycles. The van der Waals surface area contributed by atoms with E-state index in [-0.39, 0.29) is 59.7 Å². The average Bonchev–Trinajstić information content (AvgIpc) is 1.22. The molecule has 562 valence electrons. The number of esters is 3. The van der Waals surface area contributed by atoms with E-state index in [2.05, 4.69) is 165 Å². The molecule has 30 nitrogen and oxygen atoms in total. The Bertz CT molecular complexity index is 3900. The number of piperazine rings is 4. The number of nitrogens with zero attached hydrogens (tertiary/aromatic N) is 14. The van der Waals surface area contributed by atoms with E-state index in [0.29, 0.717) is 67.4 Å². The molecule has 0 aromatic carbocycles. The van der Waals surface area contributed by atoms with Gasteiger partial charge >= 0.3 is 23.9 Å². The molecule has 0 aliphatic carbocycles. The summed E-state index contributed by atoms with van der Waals surface area (Å²) >= 11 is 13.4. The number of carboxylic acids is 1. The first-order valence-corrected chi connectivity index (χ1v) is 37.3. The average molecular weight is 1700 g/mol. The first-order valence-electron chi connectivity index (χ1n) is 33.8. The molecule has 5 unspecified atom stereocenters. The second kappa shape index (κ2) is 39.9. The van der Waals surface area contributed by atoms with Crippen molar-refractivity contribution in [3.8, 4) is 0 Å². The standard InChI is InChI=1S/C16H20N4O3.C15H18N4O3.C13H19BrN4O2.C12H15BrN4O.C8H15NO2.C6H6Br2N2/c1-19-5-6-20-9-12-7-11(3-4-14(21)23-2)8-17-15(12)18-16(22)13(20)10-19;1-18-4-5-19-8-11-6-10(2-3-13(20)21)7-16-14(11)17-15(22)12(19)9-18;1-17-3-4-18(11(8-17)13(19)20-2)7-9-5-10(14)6-16-12(9)15;1-16-2-3-17-6-8-4-9(13)5-14-11(8)15-12(18)10(17)7-16;1-9-5-3-4-7(6-9)8(10)11-2;7-2-4-1-5(8)3-10-6(4)9/h3-4,7-8,13H,5-6,9-10H2,1-2H3,(H,17,18,22);2-3,6-7,12H,4-5,8-9H2,1H3,(H,20,21)(H,16,17,22);5-6,11H,3-4,7-8H2,1-2H3,(H2,15,16);4-5,10H,2-3,6-7H2,1H3,(H,14,15,18);7H,3-6H2,1-2H3;1,3H,2H2,(H2,9,10)/b4-3+;3-2+;;;;. The minimum absolute atomic E-state index is 0.0133. The molecule has 5 atom stereocenters. The normalized spacial score (nSPS) is 21.8. The van der Waals surface area contributed by atoms with Crippen LogP contribution in [0.15, 0.2) is 86.9 Å². The number of fused-ring (bicyclic) bond motifs is 6. The number of rotatable bonds is 9. The van der Waals surface area contributed by atoms with Crippen molar-refractivity contribution in [3.63, 3.8) is 0 Å².